The van der Waals surface area contributed by atoms with Crippen LogP contribution in [0.2, 0.25) is 0 Å². The van der Waals surface area contributed by atoms with Gasteiger partial charge in [-0.25, -0.2) is 14.4 Å². The van der Waals surface area contributed by atoms with Crippen molar-refractivity contribution in [2.45, 2.75) is 54.3 Å². The van der Waals surface area contributed by atoms with Crippen LogP contribution in [-0.2, 0) is 19.9 Å². The molecule has 1 aromatic heterocycles. The van der Waals surface area contributed by atoms with E-state index in [0.29, 0.717) is 4.90 Å². The predicted octanol–water partition coefficient (Wildman–Crippen LogP) is 3.73. The average Bonchev–Trinajstić information content (AvgIpc) is 2.73. The smallest absolute Gasteiger partial charge is 0.351 e. The van der Waals surface area contributed by atoms with E-state index < -0.39 is 41.5 Å². The van der Waals surface area contributed by atoms with Gasteiger partial charge in [0.2, 0.25) is 0 Å². The molecule has 1 aliphatic carbocycles. The van der Waals surface area contributed by atoms with Crippen molar-refractivity contribution >= 4 is 41.7 Å². The van der Waals surface area contributed by atoms with Crippen molar-refractivity contribution < 1.29 is 31.9 Å². The molecule has 3 rings (SSSR count). The molecule has 178 valence electrons. The zero-order chi connectivity index (χ0) is 24.4. The number of rotatable bonds is 7. The highest BCUT2D eigenvalue weighted by molar-refractivity contribution is 7.80. The van der Waals surface area contributed by atoms with Gasteiger partial charge in [0, 0.05) is 34.6 Å². The van der Waals surface area contributed by atoms with E-state index in [0.717, 1.165) is 4.90 Å². The molecule has 1 saturated carbocycles. The van der Waals surface area contributed by atoms with Crippen LogP contribution in [0.15, 0.2) is 47.9 Å². The number of ether oxygens (including phenoxy) is 1. The van der Waals surface area contributed by atoms with E-state index in [1.54, 1.807) is 0 Å². The number of amides is 2. The topological polar surface area (TPSA) is 84.4 Å². The summed E-state index contributed by atoms with van der Waals surface area (Å²) in [7, 11) is 0. The highest BCUT2D eigenvalue weighted by atomic mass is 35.5. The second-order valence-corrected chi connectivity index (χ2v) is 8.42. The van der Waals surface area contributed by atoms with Crippen molar-refractivity contribution in [3.05, 3.63) is 48.5 Å². The zero-order valence-corrected chi connectivity index (χ0v) is 18.7. The molecule has 0 saturated heterocycles. The summed E-state index contributed by atoms with van der Waals surface area (Å²) < 4.78 is 55.2. The summed E-state index contributed by atoms with van der Waals surface area (Å²) in [4.78, 5) is 35.5. The number of anilines is 1. The Kier molecular flexibility index (Phi) is 7.49. The lowest BCUT2D eigenvalue weighted by molar-refractivity contribution is -0.351. The molecule has 1 fully saturated rings. The van der Waals surface area contributed by atoms with Crippen LogP contribution in [0.4, 0.5) is 23.2 Å². The second-order valence-electron chi connectivity index (χ2n) is 7.52. The van der Waals surface area contributed by atoms with Crippen molar-refractivity contribution in [2.24, 2.45) is 0 Å². The molecule has 13 heteroatoms. The van der Waals surface area contributed by atoms with Gasteiger partial charge < -0.3 is 5.32 Å². The maximum atomic E-state index is 14.0. The van der Waals surface area contributed by atoms with Gasteiger partial charge in [-0.15, -0.1) is 25.8 Å². The number of carbonyl (C=O) groups is 2. The van der Waals surface area contributed by atoms with Crippen LogP contribution >= 0.6 is 24.2 Å². The average molecular weight is 507 g/mol. The van der Waals surface area contributed by atoms with Crippen molar-refractivity contribution in [1.29, 1.82) is 0 Å². The van der Waals surface area contributed by atoms with Crippen LogP contribution in [0, 0.1) is 0 Å². The van der Waals surface area contributed by atoms with Crippen LogP contribution < -0.4 is 10.2 Å². The molecular formula is C20H19ClF4N4O3S. The molecule has 0 aliphatic heterocycles. The third-order valence-electron chi connectivity index (χ3n) is 5.26. The molecule has 1 heterocycles. The van der Waals surface area contributed by atoms with Gasteiger partial charge >= 0.3 is 6.36 Å². The molecule has 2 atom stereocenters. The fraction of sp³-hybridized carbons (Fsp3) is 0.400. The fourth-order valence-electron chi connectivity index (χ4n) is 3.51. The fourth-order valence-corrected chi connectivity index (χ4v) is 3.76. The number of benzene rings is 1. The molecular weight excluding hydrogens is 488 g/mol. The van der Waals surface area contributed by atoms with E-state index >= 15 is 0 Å². The summed E-state index contributed by atoms with van der Waals surface area (Å²) in [6.45, 7) is 1.34. The molecule has 0 spiro atoms. The van der Waals surface area contributed by atoms with Gasteiger partial charge in [-0.1, -0.05) is 11.6 Å². The maximum Gasteiger partial charge on any atom is 0.522 e. The summed E-state index contributed by atoms with van der Waals surface area (Å²) in [5.41, 5.74) is -4.11. The number of nitrogens with zero attached hydrogens (tertiary/aromatic N) is 3. The van der Waals surface area contributed by atoms with Crippen molar-refractivity contribution in [3.8, 4) is 0 Å². The summed E-state index contributed by atoms with van der Waals surface area (Å²) in [6, 6.07) is 5.31. The summed E-state index contributed by atoms with van der Waals surface area (Å²) in [5.74, 6) is -2.01. The van der Waals surface area contributed by atoms with Crippen LogP contribution in [0.5, 0.6) is 0 Å². The Hall–Kier alpha value is -2.44. The van der Waals surface area contributed by atoms with Crippen LogP contribution in [0.1, 0.15) is 25.3 Å². The molecule has 0 radical (unpaired) electrons. The summed E-state index contributed by atoms with van der Waals surface area (Å²) in [6.07, 6.45) is -2.30. The van der Waals surface area contributed by atoms with E-state index in [4.69, 9.17) is 11.6 Å². The first kappa shape index (κ1) is 25.2. The van der Waals surface area contributed by atoms with Gasteiger partial charge in [-0.2, -0.15) is 0 Å². The lowest BCUT2D eigenvalue weighted by Gasteiger charge is -2.43. The van der Waals surface area contributed by atoms with E-state index in [-0.39, 0.29) is 24.1 Å². The molecule has 33 heavy (non-hydrogen) atoms. The minimum absolute atomic E-state index is 0.0871. The Balaban J connectivity index is 1.96. The second kappa shape index (κ2) is 9.82. The van der Waals surface area contributed by atoms with Crippen molar-refractivity contribution in [3.63, 3.8) is 0 Å². The zero-order valence-electron chi connectivity index (χ0n) is 17.1. The van der Waals surface area contributed by atoms with E-state index in [1.165, 1.54) is 49.9 Å². The third-order valence-corrected chi connectivity index (χ3v) is 5.74. The highest BCUT2D eigenvalue weighted by Gasteiger charge is 2.49. The van der Waals surface area contributed by atoms with Gasteiger partial charge in [0.1, 0.15) is 6.33 Å². The quantitative estimate of drug-likeness (QED) is 0.340. The Morgan fingerprint density at radius 3 is 2.30 bits per heavy atom. The first-order valence-corrected chi connectivity index (χ1v) is 10.5. The SMILES string of the molecule is C[C@](C(=O)NC1CC(OC(F)(F)F)C1)(c1cncnc1)N(C(=O)[C@H](F)Cl)c1ccc(S)cc1. The van der Waals surface area contributed by atoms with Crippen LogP contribution in [0.3, 0.4) is 0 Å². The highest BCUT2D eigenvalue weighted by Crippen LogP contribution is 2.36. The molecule has 0 bridgehead atoms. The summed E-state index contributed by atoms with van der Waals surface area (Å²) >= 11 is 9.65. The molecule has 1 aromatic carbocycles. The number of nitrogens with one attached hydrogen (secondary N) is 1. The Bertz CT molecular complexity index is 991. The van der Waals surface area contributed by atoms with Gasteiger partial charge in [0.15, 0.2) is 5.54 Å². The Morgan fingerprint density at radius 1 is 1.21 bits per heavy atom. The minimum atomic E-state index is -4.78. The largest absolute Gasteiger partial charge is 0.522 e. The lowest BCUT2D eigenvalue weighted by Crippen LogP contribution is -2.61. The standard InChI is InChI=1S/C20H19ClF4N4O3S/c1-19(11-8-26-10-27-9-11,18(31)28-12-6-14(7-12)32-20(23,24)25)29(17(30)16(21)22)13-2-4-15(33)5-3-13/h2-5,8-10,12,14,16,33H,6-7H2,1H3,(H,28,31)/t12?,14?,16-,19+/m0/s1. The maximum absolute atomic E-state index is 14.0. The van der Waals surface area contributed by atoms with Gasteiger partial charge in [0.05, 0.1) is 6.10 Å². The Morgan fingerprint density at radius 2 is 1.79 bits per heavy atom. The lowest BCUT2D eigenvalue weighted by atomic mass is 9.85. The minimum Gasteiger partial charge on any atom is -0.351 e. The van der Waals surface area contributed by atoms with Crippen molar-refractivity contribution in [2.75, 3.05) is 4.90 Å². The van der Waals surface area contributed by atoms with E-state index in [2.05, 4.69) is 32.7 Å². The molecule has 2 amide bonds. The van der Waals surface area contributed by atoms with Gasteiger partial charge in [-0.05, 0) is 44.0 Å². The summed E-state index contributed by atoms with van der Waals surface area (Å²) in [5, 5.41) is 2.61. The number of thiol groups is 1. The number of hydrogen-bond donors (Lipinski definition) is 2. The third kappa shape index (κ3) is 5.74. The van der Waals surface area contributed by atoms with Crippen molar-refractivity contribution in [1.82, 2.24) is 15.3 Å². The number of carbonyl (C=O) groups excluding carboxylic acids is 2. The van der Waals surface area contributed by atoms with E-state index in [1.807, 2.05) is 0 Å². The van der Waals surface area contributed by atoms with Gasteiger partial charge in [-0.3, -0.25) is 19.2 Å². The number of aromatic nitrogens is 2. The normalized spacial score (nSPS) is 20.8. The predicted molar refractivity (Wildman–Crippen MR) is 113 cm³/mol. The molecule has 1 N–H and O–H groups in total. The molecule has 7 nitrogen and oxygen atoms in total. The first-order valence-electron chi connectivity index (χ1n) is 9.64. The molecule has 2 aromatic rings. The molecule has 0 unspecified atom stereocenters. The van der Waals surface area contributed by atoms with Crippen LogP contribution in [-0.4, -0.2) is 45.9 Å². The monoisotopic (exact) mass is 506 g/mol. The molecule has 1 aliphatic rings. The first-order chi connectivity index (χ1) is 15.4. The van der Waals surface area contributed by atoms with Crippen LogP contribution in [0.25, 0.3) is 0 Å². The number of halogens is 5. The Labute approximate surface area is 196 Å². The van der Waals surface area contributed by atoms with E-state index in [9.17, 15) is 27.2 Å². The number of alkyl halides is 5. The van der Waals surface area contributed by atoms with Gasteiger partial charge in [0.25, 0.3) is 17.4 Å². The number of hydrogen-bond acceptors (Lipinski definition) is 6.